The molecule has 2 aromatic heterocycles. The fourth-order valence-corrected chi connectivity index (χ4v) is 2.77. The van der Waals surface area contributed by atoms with Crippen LogP contribution in [-0.2, 0) is 0 Å². The number of benzene rings is 2. The molecule has 4 aromatic rings. The number of nitrogens with zero attached hydrogens (tertiary/aromatic N) is 1. The summed E-state index contributed by atoms with van der Waals surface area (Å²) in [6.45, 7) is 1.55. The second kappa shape index (κ2) is 6.33. The Kier molecular flexibility index (Phi) is 3.85. The number of anilines is 1. The van der Waals surface area contributed by atoms with Crippen molar-refractivity contribution in [2.24, 2.45) is 0 Å². The average molecular weight is 345 g/mol. The summed E-state index contributed by atoms with van der Waals surface area (Å²) in [4.78, 5) is 23.5. The van der Waals surface area contributed by atoms with Gasteiger partial charge in [-0.05, 0) is 42.3 Å². The van der Waals surface area contributed by atoms with Gasteiger partial charge < -0.3 is 9.73 Å². The Morgan fingerprint density at radius 1 is 1.04 bits per heavy atom. The number of carbonyl (C=O) groups is 2. The van der Waals surface area contributed by atoms with Crippen LogP contribution in [0.25, 0.3) is 22.0 Å². The Bertz CT molecular complexity index is 1090. The third kappa shape index (κ3) is 2.88. The molecule has 0 unspecified atom stereocenters. The maximum absolute atomic E-state index is 12.1. The molecule has 0 fully saturated rings. The highest BCUT2D eigenvalue weighted by Gasteiger charge is 2.13. The summed E-state index contributed by atoms with van der Waals surface area (Å²) < 4.78 is 5.09. The smallest absolute Gasteiger partial charge is 0.292 e. The Morgan fingerprint density at radius 2 is 1.81 bits per heavy atom. The third-order valence-corrected chi connectivity index (χ3v) is 4.16. The van der Waals surface area contributed by atoms with Crippen molar-refractivity contribution >= 4 is 28.4 Å². The molecule has 2 heterocycles. The molecule has 0 bridgehead atoms. The van der Waals surface area contributed by atoms with Crippen LogP contribution >= 0.6 is 0 Å². The van der Waals surface area contributed by atoms with Crippen LogP contribution in [0.1, 0.15) is 27.8 Å². The van der Waals surface area contributed by atoms with E-state index in [4.69, 9.17) is 4.42 Å². The third-order valence-electron chi connectivity index (χ3n) is 4.16. The van der Waals surface area contributed by atoms with Crippen LogP contribution in [0.2, 0.25) is 0 Å². The van der Waals surface area contributed by atoms with Gasteiger partial charge >= 0.3 is 0 Å². The van der Waals surface area contributed by atoms with Gasteiger partial charge in [-0.25, -0.2) is 0 Å². The number of aromatic amines is 1. The van der Waals surface area contributed by atoms with Crippen molar-refractivity contribution in [3.63, 3.8) is 0 Å². The molecule has 0 spiro atoms. The zero-order chi connectivity index (χ0) is 18.1. The van der Waals surface area contributed by atoms with E-state index in [2.05, 4.69) is 15.5 Å². The van der Waals surface area contributed by atoms with Crippen LogP contribution < -0.4 is 5.32 Å². The number of ketones is 1. The number of hydrogen-bond acceptors (Lipinski definition) is 4. The van der Waals surface area contributed by atoms with Crippen LogP contribution in [0.4, 0.5) is 5.82 Å². The molecule has 0 aliphatic carbocycles. The normalized spacial score (nSPS) is 10.8. The topological polar surface area (TPSA) is 88.0 Å². The van der Waals surface area contributed by atoms with E-state index in [0.717, 1.165) is 22.0 Å². The monoisotopic (exact) mass is 345 g/mol. The van der Waals surface area contributed by atoms with Gasteiger partial charge in [0.15, 0.2) is 17.4 Å². The fraction of sp³-hybridized carbons (Fsp3) is 0.0500. The van der Waals surface area contributed by atoms with E-state index >= 15 is 0 Å². The van der Waals surface area contributed by atoms with Gasteiger partial charge in [0.25, 0.3) is 5.91 Å². The first-order valence-corrected chi connectivity index (χ1v) is 8.06. The highest BCUT2D eigenvalue weighted by atomic mass is 16.3. The van der Waals surface area contributed by atoms with Crippen LogP contribution in [0.3, 0.4) is 0 Å². The highest BCUT2D eigenvalue weighted by Crippen LogP contribution is 2.27. The van der Waals surface area contributed by atoms with Crippen LogP contribution in [0.15, 0.2) is 65.3 Å². The van der Waals surface area contributed by atoms with E-state index < -0.39 is 0 Å². The Labute approximate surface area is 148 Å². The number of aromatic nitrogens is 2. The van der Waals surface area contributed by atoms with Crippen molar-refractivity contribution < 1.29 is 14.0 Å². The lowest BCUT2D eigenvalue weighted by Gasteiger charge is -2.04. The number of hydrogen-bond donors (Lipinski definition) is 2. The number of carbonyl (C=O) groups excluding carboxylic acids is 2. The van der Waals surface area contributed by atoms with Gasteiger partial charge in [-0.15, -0.1) is 0 Å². The van der Waals surface area contributed by atoms with E-state index in [-0.39, 0.29) is 17.5 Å². The lowest BCUT2D eigenvalue weighted by Crippen LogP contribution is -2.11. The summed E-state index contributed by atoms with van der Waals surface area (Å²) in [5.74, 6) is 0.355. The van der Waals surface area contributed by atoms with E-state index in [0.29, 0.717) is 11.4 Å². The summed E-state index contributed by atoms with van der Waals surface area (Å²) in [7, 11) is 0. The van der Waals surface area contributed by atoms with Gasteiger partial charge in [0.1, 0.15) is 0 Å². The lowest BCUT2D eigenvalue weighted by atomic mass is 10.0. The zero-order valence-corrected chi connectivity index (χ0v) is 13.9. The predicted molar refractivity (Wildman–Crippen MR) is 98.2 cm³/mol. The highest BCUT2D eigenvalue weighted by molar-refractivity contribution is 6.06. The van der Waals surface area contributed by atoms with Gasteiger partial charge in [-0.2, -0.15) is 5.10 Å². The fourth-order valence-electron chi connectivity index (χ4n) is 2.77. The Balaban J connectivity index is 1.63. The molecule has 4 rings (SSSR count). The standard InChI is InChI=1S/C20H15N3O3/c1-12(24)13-4-6-14(7-5-13)15-8-9-16-17(11-15)22-23-19(16)21-20(25)18-3-2-10-26-18/h2-11H,1H3,(H2,21,22,23,25). The van der Waals surface area contributed by atoms with Crippen LogP contribution in [0.5, 0.6) is 0 Å². The van der Waals surface area contributed by atoms with Gasteiger partial charge in [0.2, 0.25) is 0 Å². The number of amides is 1. The van der Waals surface area contributed by atoms with Gasteiger partial charge in [-0.1, -0.05) is 30.3 Å². The number of furan rings is 1. The van der Waals surface area contributed by atoms with Crippen LogP contribution in [0, 0.1) is 0 Å². The lowest BCUT2D eigenvalue weighted by molar-refractivity contribution is 0.0993. The molecule has 2 N–H and O–H groups in total. The maximum Gasteiger partial charge on any atom is 0.292 e. The molecule has 0 saturated heterocycles. The number of Topliss-reactive ketones (excluding diaryl/α,β-unsaturated/α-hetero) is 1. The van der Waals surface area contributed by atoms with Gasteiger partial charge in [0.05, 0.1) is 11.8 Å². The number of H-pyrrole nitrogens is 1. The summed E-state index contributed by atoms with van der Waals surface area (Å²) in [5, 5.41) is 10.6. The minimum atomic E-state index is -0.354. The molecule has 1 amide bonds. The minimum Gasteiger partial charge on any atom is -0.459 e. The molecule has 128 valence electrons. The molecule has 2 aromatic carbocycles. The molecule has 0 aliphatic heterocycles. The quantitative estimate of drug-likeness (QED) is 0.540. The molecule has 26 heavy (non-hydrogen) atoms. The average Bonchev–Trinajstić information content (AvgIpc) is 3.32. The second-order valence-corrected chi connectivity index (χ2v) is 5.90. The summed E-state index contributed by atoms with van der Waals surface area (Å²) in [5.41, 5.74) is 3.46. The predicted octanol–water partition coefficient (Wildman–Crippen LogP) is 4.28. The van der Waals surface area contributed by atoms with E-state index in [1.165, 1.54) is 6.26 Å². The molecule has 0 saturated carbocycles. The summed E-state index contributed by atoms with van der Waals surface area (Å²) in [6.07, 6.45) is 1.45. The zero-order valence-electron chi connectivity index (χ0n) is 13.9. The SMILES string of the molecule is CC(=O)c1ccc(-c2ccc3c(NC(=O)c4ccco4)n[nH]c3c2)cc1. The number of nitrogens with one attached hydrogen (secondary N) is 2. The van der Waals surface area contributed by atoms with Crippen molar-refractivity contribution in [2.45, 2.75) is 6.92 Å². The van der Waals surface area contributed by atoms with Crippen molar-refractivity contribution in [1.29, 1.82) is 0 Å². The first-order chi connectivity index (χ1) is 12.6. The molecular weight excluding hydrogens is 330 g/mol. The van der Waals surface area contributed by atoms with Crippen molar-refractivity contribution in [2.75, 3.05) is 5.32 Å². The largest absolute Gasteiger partial charge is 0.459 e. The summed E-state index contributed by atoms with van der Waals surface area (Å²) >= 11 is 0. The van der Waals surface area contributed by atoms with Crippen LogP contribution in [-0.4, -0.2) is 21.9 Å². The first kappa shape index (κ1) is 15.8. The molecule has 6 heteroatoms. The second-order valence-electron chi connectivity index (χ2n) is 5.90. The Hall–Kier alpha value is -3.67. The van der Waals surface area contributed by atoms with Crippen molar-refractivity contribution in [1.82, 2.24) is 10.2 Å². The molecule has 6 nitrogen and oxygen atoms in total. The number of fused-ring (bicyclic) bond motifs is 1. The van der Waals surface area contributed by atoms with E-state index in [1.807, 2.05) is 42.5 Å². The molecule has 0 aliphatic rings. The maximum atomic E-state index is 12.1. The van der Waals surface area contributed by atoms with Crippen molar-refractivity contribution in [3.05, 3.63) is 72.2 Å². The summed E-state index contributed by atoms with van der Waals surface area (Å²) in [6, 6.07) is 16.5. The van der Waals surface area contributed by atoms with Crippen molar-refractivity contribution in [3.8, 4) is 11.1 Å². The molecule has 0 atom stereocenters. The van der Waals surface area contributed by atoms with E-state index in [9.17, 15) is 9.59 Å². The molecule has 0 radical (unpaired) electrons. The Morgan fingerprint density at radius 3 is 2.50 bits per heavy atom. The number of rotatable bonds is 4. The molecular formula is C20H15N3O3. The first-order valence-electron chi connectivity index (χ1n) is 8.06. The minimum absolute atomic E-state index is 0.0394. The van der Waals surface area contributed by atoms with E-state index in [1.54, 1.807) is 19.1 Å². The van der Waals surface area contributed by atoms with Gasteiger partial charge in [-0.3, -0.25) is 14.7 Å². The van der Waals surface area contributed by atoms with Gasteiger partial charge in [0, 0.05) is 10.9 Å².